The summed E-state index contributed by atoms with van der Waals surface area (Å²) in [6.45, 7) is 1.95. The lowest BCUT2D eigenvalue weighted by atomic mass is 10.1. The Balaban J connectivity index is 2.32. The molecule has 112 valence electrons. The molecular formula is C14H22N2O3S. The molecule has 0 saturated heterocycles. The minimum atomic E-state index is -3.55. The number of nitrogens with zero attached hydrogens (tertiary/aromatic N) is 1. The molecule has 0 amide bonds. The second-order valence-corrected chi connectivity index (χ2v) is 7.05. The van der Waals surface area contributed by atoms with E-state index in [1.807, 2.05) is 13.0 Å². The van der Waals surface area contributed by atoms with Crippen molar-refractivity contribution < 1.29 is 13.5 Å². The molecule has 6 heteroatoms. The van der Waals surface area contributed by atoms with Crippen LogP contribution in [0.25, 0.3) is 0 Å². The van der Waals surface area contributed by atoms with Gasteiger partial charge in [-0.3, -0.25) is 0 Å². The number of hydrogen-bond donors (Lipinski definition) is 2. The summed E-state index contributed by atoms with van der Waals surface area (Å²) in [6.07, 6.45) is 2.49. The van der Waals surface area contributed by atoms with E-state index >= 15 is 0 Å². The number of hydrogen-bond acceptors (Lipinski definition) is 4. The Morgan fingerprint density at radius 1 is 1.45 bits per heavy atom. The zero-order chi connectivity index (χ0) is 14.8. The molecule has 20 heavy (non-hydrogen) atoms. The lowest BCUT2D eigenvalue weighted by Gasteiger charge is -2.21. The first-order valence-electron chi connectivity index (χ1n) is 6.99. The van der Waals surface area contributed by atoms with Gasteiger partial charge in [0.05, 0.1) is 11.5 Å². The molecular weight excluding hydrogens is 276 g/mol. The fourth-order valence-electron chi connectivity index (χ4n) is 2.24. The lowest BCUT2D eigenvalue weighted by Crippen LogP contribution is -2.35. The molecule has 0 bridgehead atoms. The zero-order valence-corrected chi connectivity index (χ0v) is 12.5. The van der Waals surface area contributed by atoms with Crippen molar-refractivity contribution in [3.8, 4) is 0 Å². The van der Waals surface area contributed by atoms with E-state index in [-0.39, 0.29) is 30.1 Å². The molecule has 1 saturated carbocycles. The Morgan fingerprint density at radius 2 is 2.15 bits per heavy atom. The predicted octanol–water partition coefficient (Wildman–Crippen LogP) is 1.24. The molecule has 1 aliphatic rings. The van der Waals surface area contributed by atoms with E-state index in [9.17, 15) is 8.42 Å². The highest BCUT2D eigenvalue weighted by Gasteiger charge is 2.37. The van der Waals surface area contributed by atoms with Gasteiger partial charge in [-0.2, -0.15) is 4.31 Å². The van der Waals surface area contributed by atoms with Crippen LogP contribution < -0.4 is 5.73 Å². The molecule has 1 fully saturated rings. The summed E-state index contributed by atoms with van der Waals surface area (Å²) in [7, 11) is -3.55. The highest BCUT2D eigenvalue weighted by molar-refractivity contribution is 7.89. The van der Waals surface area contributed by atoms with Crippen LogP contribution in [0.3, 0.4) is 0 Å². The zero-order valence-electron chi connectivity index (χ0n) is 11.7. The van der Waals surface area contributed by atoms with Crippen LogP contribution in [0.1, 0.15) is 37.8 Å². The molecule has 5 nitrogen and oxygen atoms in total. The monoisotopic (exact) mass is 298 g/mol. The van der Waals surface area contributed by atoms with Crippen molar-refractivity contribution in [3.05, 3.63) is 29.8 Å². The van der Waals surface area contributed by atoms with Crippen LogP contribution >= 0.6 is 0 Å². The van der Waals surface area contributed by atoms with Crippen molar-refractivity contribution >= 4 is 10.0 Å². The number of aliphatic hydroxyl groups excluding tert-OH is 1. The van der Waals surface area contributed by atoms with Crippen molar-refractivity contribution in [2.75, 3.05) is 13.2 Å². The minimum absolute atomic E-state index is 0.0376. The van der Waals surface area contributed by atoms with Gasteiger partial charge in [-0.05, 0) is 37.0 Å². The molecule has 0 radical (unpaired) electrons. The first-order valence-corrected chi connectivity index (χ1v) is 8.43. The molecule has 1 aromatic rings. The molecule has 0 spiro atoms. The Kier molecular flexibility index (Phi) is 4.80. The quantitative estimate of drug-likeness (QED) is 0.793. The molecule has 3 N–H and O–H groups in total. The van der Waals surface area contributed by atoms with Gasteiger partial charge in [0, 0.05) is 18.6 Å². The Bertz CT molecular complexity index is 555. The molecule has 1 atom stereocenters. The summed E-state index contributed by atoms with van der Waals surface area (Å²) >= 11 is 0. The standard InChI is InChI=1S/C14H22N2O3S/c1-2-14(15)11-4-3-5-13(10-11)20(18,19)16(8-9-17)12-6-7-12/h3-5,10,12,14,17H,2,6-9,15H2,1H3. The fraction of sp³-hybridized carbons (Fsp3) is 0.571. The number of rotatable bonds is 7. The van der Waals surface area contributed by atoms with Crippen LogP contribution in [-0.2, 0) is 10.0 Å². The van der Waals surface area contributed by atoms with E-state index in [2.05, 4.69) is 0 Å². The van der Waals surface area contributed by atoms with Crippen LogP contribution in [0.4, 0.5) is 0 Å². The van der Waals surface area contributed by atoms with Crippen molar-refractivity contribution in [1.82, 2.24) is 4.31 Å². The van der Waals surface area contributed by atoms with Gasteiger partial charge in [0.2, 0.25) is 10.0 Å². The first kappa shape index (κ1) is 15.4. The maximum absolute atomic E-state index is 12.6. The molecule has 1 aliphatic carbocycles. The van der Waals surface area contributed by atoms with E-state index < -0.39 is 10.0 Å². The van der Waals surface area contributed by atoms with Crippen LogP contribution in [0, 0.1) is 0 Å². The average molecular weight is 298 g/mol. The van der Waals surface area contributed by atoms with Crippen LogP contribution in [0.5, 0.6) is 0 Å². The van der Waals surface area contributed by atoms with E-state index in [0.29, 0.717) is 0 Å². The van der Waals surface area contributed by atoms with E-state index in [4.69, 9.17) is 10.8 Å². The number of benzene rings is 1. The summed E-state index contributed by atoms with van der Waals surface area (Å²) in [5.41, 5.74) is 6.79. The van der Waals surface area contributed by atoms with E-state index in [1.165, 1.54) is 4.31 Å². The van der Waals surface area contributed by atoms with Gasteiger partial charge in [0.1, 0.15) is 0 Å². The van der Waals surface area contributed by atoms with Crippen LogP contribution in [0.15, 0.2) is 29.2 Å². The smallest absolute Gasteiger partial charge is 0.243 e. The molecule has 0 aromatic heterocycles. The van der Waals surface area contributed by atoms with Crippen molar-refractivity contribution in [1.29, 1.82) is 0 Å². The van der Waals surface area contributed by atoms with Crippen molar-refractivity contribution in [2.45, 2.75) is 43.2 Å². The van der Waals surface area contributed by atoms with E-state index in [0.717, 1.165) is 24.8 Å². The normalized spacial score (nSPS) is 17.4. The Morgan fingerprint density at radius 3 is 2.70 bits per heavy atom. The van der Waals surface area contributed by atoms with Gasteiger partial charge in [0.25, 0.3) is 0 Å². The molecule has 2 rings (SSSR count). The lowest BCUT2D eigenvalue weighted by molar-refractivity contribution is 0.250. The highest BCUT2D eigenvalue weighted by atomic mass is 32.2. The average Bonchev–Trinajstić information content (AvgIpc) is 3.28. The van der Waals surface area contributed by atoms with Crippen LogP contribution in [0.2, 0.25) is 0 Å². The van der Waals surface area contributed by atoms with Gasteiger partial charge in [-0.15, -0.1) is 0 Å². The summed E-state index contributed by atoms with van der Waals surface area (Å²) in [5, 5.41) is 9.08. The Hall–Kier alpha value is -0.950. The molecule has 1 unspecified atom stereocenters. The molecule has 0 heterocycles. The van der Waals surface area contributed by atoms with Gasteiger partial charge in [-0.25, -0.2) is 8.42 Å². The first-order chi connectivity index (χ1) is 9.50. The van der Waals surface area contributed by atoms with Gasteiger partial charge >= 0.3 is 0 Å². The summed E-state index contributed by atoms with van der Waals surface area (Å²) in [6, 6.07) is 6.69. The predicted molar refractivity (Wildman–Crippen MR) is 77.7 cm³/mol. The second kappa shape index (κ2) is 6.22. The van der Waals surface area contributed by atoms with Gasteiger partial charge < -0.3 is 10.8 Å². The molecule has 0 aliphatic heterocycles. The number of nitrogens with two attached hydrogens (primary N) is 1. The third-order valence-corrected chi connectivity index (χ3v) is 5.56. The molecule has 1 aromatic carbocycles. The topological polar surface area (TPSA) is 83.6 Å². The van der Waals surface area contributed by atoms with Crippen molar-refractivity contribution in [3.63, 3.8) is 0 Å². The van der Waals surface area contributed by atoms with Gasteiger partial charge in [-0.1, -0.05) is 19.1 Å². The SMILES string of the molecule is CCC(N)c1cccc(S(=O)(=O)N(CCO)C2CC2)c1. The maximum Gasteiger partial charge on any atom is 0.243 e. The van der Waals surface area contributed by atoms with E-state index in [1.54, 1.807) is 18.2 Å². The largest absolute Gasteiger partial charge is 0.395 e. The third-order valence-electron chi connectivity index (χ3n) is 3.61. The highest BCUT2D eigenvalue weighted by Crippen LogP contribution is 2.32. The minimum Gasteiger partial charge on any atom is -0.395 e. The third kappa shape index (κ3) is 3.20. The summed E-state index contributed by atoms with van der Waals surface area (Å²) < 4.78 is 26.7. The second-order valence-electron chi connectivity index (χ2n) is 5.16. The fourth-order valence-corrected chi connectivity index (χ4v) is 3.97. The summed E-state index contributed by atoms with van der Waals surface area (Å²) in [5.74, 6) is 0. The number of aliphatic hydroxyl groups is 1. The summed E-state index contributed by atoms with van der Waals surface area (Å²) in [4.78, 5) is 0.263. The Labute approximate surface area is 120 Å². The van der Waals surface area contributed by atoms with Crippen molar-refractivity contribution in [2.24, 2.45) is 5.73 Å². The van der Waals surface area contributed by atoms with Gasteiger partial charge in [0.15, 0.2) is 0 Å². The maximum atomic E-state index is 12.6. The number of sulfonamides is 1. The van der Waals surface area contributed by atoms with Crippen LogP contribution in [-0.4, -0.2) is 37.0 Å².